The predicted octanol–water partition coefficient (Wildman–Crippen LogP) is 3.98. The van der Waals surface area contributed by atoms with Crippen LogP contribution < -0.4 is 4.90 Å². The number of aryl methyl sites for hydroxylation is 1. The predicted molar refractivity (Wildman–Crippen MR) is 106 cm³/mol. The third-order valence-corrected chi connectivity index (χ3v) is 4.68. The van der Waals surface area contributed by atoms with Gasteiger partial charge in [-0.1, -0.05) is 48.5 Å². The zero-order chi connectivity index (χ0) is 18.8. The fraction of sp³-hybridized carbons (Fsp3) is 0.136. The Morgan fingerprint density at radius 3 is 2.63 bits per heavy atom. The maximum Gasteiger partial charge on any atom is 0.258 e. The highest BCUT2D eigenvalue weighted by Crippen LogP contribution is 2.37. The largest absolute Gasteiger partial charge is 0.311 e. The third-order valence-electron chi connectivity index (χ3n) is 4.68. The number of likely N-dealkylation sites (N-methyl/N-ethyl adjacent to an activating group) is 1. The monoisotopic (exact) mass is 354 g/mol. The van der Waals surface area contributed by atoms with E-state index < -0.39 is 0 Å². The number of hydrogen-bond acceptors (Lipinski definition) is 3. The lowest BCUT2D eigenvalue weighted by Gasteiger charge is -2.07. The molecule has 1 aliphatic rings. The summed E-state index contributed by atoms with van der Waals surface area (Å²) in [6.07, 6.45) is 4.19. The van der Waals surface area contributed by atoms with Crippen LogP contribution in [0.3, 0.4) is 0 Å². The van der Waals surface area contributed by atoms with Crippen LogP contribution in [0, 0.1) is 11.3 Å². The Morgan fingerprint density at radius 2 is 1.85 bits per heavy atom. The minimum Gasteiger partial charge on any atom is -0.311 e. The molecule has 0 unspecified atom stereocenters. The van der Waals surface area contributed by atoms with E-state index in [2.05, 4.69) is 11.2 Å². The summed E-state index contributed by atoms with van der Waals surface area (Å²) in [6.45, 7) is 0.518. The molecule has 1 amide bonds. The van der Waals surface area contributed by atoms with E-state index in [1.807, 2.05) is 66.9 Å². The summed E-state index contributed by atoms with van der Waals surface area (Å²) >= 11 is 0. The Morgan fingerprint density at radius 1 is 1.11 bits per heavy atom. The van der Waals surface area contributed by atoms with Crippen molar-refractivity contribution in [2.75, 3.05) is 11.9 Å². The molecule has 1 aromatic heterocycles. The number of aromatic nitrogens is 2. The molecule has 4 rings (SSSR count). The summed E-state index contributed by atoms with van der Waals surface area (Å²) in [4.78, 5) is 14.5. The number of nitriles is 1. The minimum atomic E-state index is -0.0278. The summed E-state index contributed by atoms with van der Waals surface area (Å²) in [7, 11) is 1.79. The maximum absolute atomic E-state index is 12.8. The second-order valence-corrected chi connectivity index (χ2v) is 6.41. The Bertz CT molecular complexity index is 1070. The van der Waals surface area contributed by atoms with Crippen molar-refractivity contribution in [2.45, 2.75) is 13.0 Å². The first kappa shape index (κ1) is 16.8. The van der Waals surface area contributed by atoms with Crippen LogP contribution in [0.5, 0.6) is 0 Å². The molecule has 0 saturated carbocycles. The molecule has 0 saturated heterocycles. The molecule has 1 aliphatic heterocycles. The van der Waals surface area contributed by atoms with Gasteiger partial charge in [0.05, 0.1) is 30.4 Å². The molecule has 0 spiro atoms. The molecule has 5 heteroatoms. The van der Waals surface area contributed by atoms with Gasteiger partial charge in [-0.3, -0.25) is 9.48 Å². The van der Waals surface area contributed by atoms with Crippen LogP contribution in [0.2, 0.25) is 0 Å². The first-order valence-electron chi connectivity index (χ1n) is 8.78. The number of benzene rings is 2. The van der Waals surface area contributed by atoms with Crippen LogP contribution in [-0.4, -0.2) is 22.7 Å². The van der Waals surface area contributed by atoms with Crippen molar-refractivity contribution >= 4 is 23.2 Å². The van der Waals surface area contributed by atoms with Gasteiger partial charge in [0.2, 0.25) is 0 Å². The topological polar surface area (TPSA) is 61.9 Å². The maximum atomic E-state index is 12.8. The number of amides is 1. The zero-order valence-electron chi connectivity index (χ0n) is 15.0. The molecular formula is C22H18N4O. The number of carbonyl (C=O) groups excluding carboxylic acids is 1. The van der Waals surface area contributed by atoms with Crippen molar-refractivity contribution in [3.05, 3.63) is 71.9 Å². The van der Waals surface area contributed by atoms with Gasteiger partial charge in [0.1, 0.15) is 0 Å². The van der Waals surface area contributed by atoms with Crippen LogP contribution >= 0.6 is 0 Å². The number of rotatable bonds is 4. The molecule has 0 atom stereocenters. The highest BCUT2D eigenvalue weighted by Gasteiger charge is 2.29. The van der Waals surface area contributed by atoms with Gasteiger partial charge >= 0.3 is 0 Å². The summed E-state index contributed by atoms with van der Waals surface area (Å²) in [6, 6.07) is 19.8. The normalized spacial score (nSPS) is 14.4. The van der Waals surface area contributed by atoms with Crippen LogP contribution in [0.1, 0.15) is 17.5 Å². The van der Waals surface area contributed by atoms with Crippen LogP contribution in [0.4, 0.5) is 5.69 Å². The van der Waals surface area contributed by atoms with E-state index in [-0.39, 0.29) is 5.91 Å². The van der Waals surface area contributed by atoms with E-state index >= 15 is 0 Å². The van der Waals surface area contributed by atoms with E-state index in [1.54, 1.807) is 16.6 Å². The smallest absolute Gasteiger partial charge is 0.258 e. The van der Waals surface area contributed by atoms with Crippen LogP contribution in [-0.2, 0) is 11.3 Å². The Hall–Kier alpha value is -3.65. The Kier molecular flexibility index (Phi) is 4.31. The molecule has 0 bridgehead atoms. The summed E-state index contributed by atoms with van der Waals surface area (Å²) in [5.74, 6) is -0.0278. The third kappa shape index (κ3) is 3.02. The molecule has 0 radical (unpaired) electrons. The van der Waals surface area contributed by atoms with Gasteiger partial charge in [0, 0.05) is 35.5 Å². The number of hydrogen-bond donors (Lipinski definition) is 0. The Balaban J connectivity index is 1.84. The molecule has 2 aromatic carbocycles. The van der Waals surface area contributed by atoms with Crippen molar-refractivity contribution < 1.29 is 4.79 Å². The van der Waals surface area contributed by atoms with Gasteiger partial charge in [-0.2, -0.15) is 10.4 Å². The second kappa shape index (κ2) is 6.93. The van der Waals surface area contributed by atoms with Crippen LogP contribution in [0.15, 0.2) is 60.8 Å². The van der Waals surface area contributed by atoms with E-state index in [9.17, 15) is 4.79 Å². The molecule has 0 aliphatic carbocycles. The molecule has 0 N–H and O–H groups in total. The average Bonchev–Trinajstić information content (AvgIpc) is 3.22. The number of nitrogens with zero attached hydrogens (tertiary/aromatic N) is 4. The SMILES string of the molecule is CN1C(=O)/C(=C\c2cn(CCC#N)nc2-c2ccccc2)c2ccccc21. The summed E-state index contributed by atoms with van der Waals surface area (Å²) in [5, 5.41) is 13.5. The lowest BCUT2D eigenvalue weighted by molar-refractivity contribution is -0.112. The zero-order valence-corrected chi connectivity index (χ0v) is 15.0. The van der Waals surface area contributed by atoms with Crippen molar-refractivity contribution in [3.8, 4) is 17.3 Å². The average molecular weight is 354 g/mol. The van der Waals surface area contributed by atoms with Gasteiger partial charge in [0.15, 0.2) is 0 Å². The van der Waals surface area contributed by atoms with E-state index in [0.717, 1.165) is 28.1 Å². The molecule has 2 heterocycles. The Labute approximate surface area is 157 Å². The van der Waals surface area contributed by atoms with Crippen LogP contribution in [0.25, 0.3) is 22.9 Å². The fourth-order valence-corrected chi connectivity index (χ4v) is 3.34. The quantitative estimate of drug-likeness (QED) is 0.666. The van der Waals surface area contributed by atoms with E-state index in [1.165, 1.54) is 0 Å². The number of fused-ring (bicyclic) bond motifs is 1. The lowest BCUT2D eigenvalue weighted by Crippen LogP contribution is -2.20. The minimum absolute atomic E-state index is 0.0278. The van der Waals surface area contributed by atoms with Crippen molar-refractivity contribution in [2.24, 2.45) is 0 Å². The second-order valence-electron chi connectivity index (χ2n) is 6.41. The highest BCUT2D eigenvalue weighted by atomic mass is 16.2. The van der Waals surface area contributed by atoms with Gasteiger partial charge in [-0.15, -0.1) is 0 Å². The summed E-state index contributed by atoms with van der Waals surface area (Å²) < 4.78 is 1.77. The van der Waals surface area contributed by atoms with Gasteiger partial charge < -0.3 is 4.90 Å². The molecule has 0 fully saturated rings. The molecule has 3 aromatic rings. The standard InChI is InChI=1S/C22H18N4O/c1-25-20-11-6-5-10-18(20)19(22(25)27)14-17-15-26(13-7-12-23)24-21(17)16-8-3-2-4-9-16/h2-6,8-11,14-15H,7,13H2,1H3/b19-14-. The summed E-state index contributed by atoms with van der Waals surface area (Å²) in [5.41, 5.74) is 5.14. The van der Waals surface area contributed by atoms with Gasteiger partial charge in [-0.25, -0.2) is 0 Å². The van der Waals surface area contributed by atoms with Gasteiger partial charge in [-0.05, 0) is 12.1 Å². The molecule has 5 nitrogen and oxygen atoms in total. The number of carbonyl (C=O) groups is 1. The lowest BCUT2D eigenvalue weighted by atomic mass is 10.0. The van der Waals surface area contributed by atoms with E-state index in [0.29, 0.717) is 18.5 Å². The number of para-hydroxylation sites is 1. The van der Waals surface area contributed by atoms with E-state index in [4.69, 9.17) is 5.26 Å². The molecule has 132 valence electrons. The first-order chi connectivity index (χ1) is 13.2. The van der Waals surface area contributed by atoms with Gasteiger partial charge in [0.25, 0.3) is 5.91 Å². The first-order valence-corrected chi connectivity index (χ1v) is 8.78. The van der Waals surface area contributed by atoms with Crippen molar-refractivity contribution in [1.82, 2.24) is 9.78 Å². The molecular weight excluding hydrogens is 336 g/mol. The highest BCUT2D eigenvalue weighted by molar-refractivity contribution is 6.35. The fourth-order valence-electron chi connectivity index (χ4n) is 3.34. The molecule has 27 heavy (non-hydrogen) atoms. The number of anilines is 1. The van der Waals surface area contributed by atoms with Crippen molar-refractivity contribution in [3.63, 3.8) is 0 Å². The van der Waals surface area contributed by atoms with Crippen molar-refractivity contribution in [1.29, 1.82) is 5.26 Å².